The molecule has 0 amide bonds. The number of rotatable bonds is 9. The van der Waals surface area contributed by atoms with E-state index in [2.05, 4.69) is 38.2 Å². The lowest BCUT2D eigenvalue weighted by Gasteiger charge is -2.23. The van der Waals surface area contributed by atoms with Crippen LogP contribution in [0, 0.1) is 5.92 Å². The number of nitrogens with one attached hydrogen (secondary N) is 1. The van der Waals surface area contributed by atoms with Crippen LogP contribution in [0.4, 0.5) is 0 Å². The molecule has 2 heteroatoms. The molecule has 0 bridgehead atoms. The van der Waals surface area contributed by atoms with Gasteiger partial charge in [-0.1, -0.05) is 57.3 Å². The molecule has 1 N–H and O–H groups in total. The molecule has 0 spiro atoms. The number of hydrogen-bond acceptors (Lipinski definition) is 1. The first-order valence-corrected chi connectivity index (χ1v) is 8.05. The average molecular weight is 282 g/mol. The molecule has 0 saturated heterocycles. The molecule has 0 aliphatic carbocycles. The van der Waals surface area contributed by atoms with Crippen molar-refractivity contribution in [3.63, 3.8) is 0 Å². The van der Waals surface area contributed by atoms with Gasteiger partial charge in [-0.25, -0.2) is 0 Å². The largest absolute Gasteiger partial charge is 0.314 e. The second-order valence-electron chi connectivity index (χ2n) is 5.40. The Kier molecular flexibility index (Phi) is 8.16. The van der Waals surface area contributed by atoms with Gasteiger partial charge in [0.1, 0.15) is 0 Å². The molecule has 0 aliphatic rings. The molecule has 1 aromatic rings. The fourth-order valence-corrected chi connectivity index (χ4v) is 2.64. The minimum Gasteiger partial charge on any atom is -0.314 e. The molecule has 0 heterocycles. The van der Waals surface area contributed by atoms with Crippen molar-refractivity contribution in [1.29, 1.82) is 0 Å². The highest BCUT2D eigenvalue weighted by molar-refractivity contribution is 6.30. The molecule has 1 unspecified atom stereocenters. The smallest absolute Gasteiger partial charge is 0.0406 e. The predicted molar refractivity (Wildman–Crippen MR) is 85.9 cm³/mol. The van der Waals surface area contributed by atoms with E-state index in [1.165, 1.54) is 31.2 Å². The summed E-state index contributed by atoms with van der Waals surface area (Å²) < 4.78 is 0. The van der Waals surface area contributed by atoms with E-state index >= 15 is 0 Å². The molecule has 1 aromatic carbocycles. The highest BCUT2D eigenvalue weighted by Crippen LogP contribution is 2.18. The van der Waals surface area contributed by atoms with Crippen LogP contribution in [0.15, 0.2) is 24.3 Å². The monoisotopic (exact) mass is 281 g/mol. The summed E-state index contributed by atoms with van der Waals surface area (Å²) in [5, 5.41) is 4.52. The van der Waals surface area contributed by atoms with Crippen molar-refractivity contribution in [3.05, 3.63) is 34.9 Å². The normalized spacial score (nSPS) is 12.9. The van der Waals surface area contributed by atoms with Gasteiger partial charge in [-0.2, -0.15) is 0 Å². The van der Waals surface area contributed by atoms with Crippen LogP contribution in [0.5, 0.6) is 0 Å². The molecule has 1 atom stereocenters. The Hall–Kier alpha value is -0.530. The molecular formula is C17H28ClN. The quantitative estimate of drug-likeness (QED) is 0.666. The Labute approximate surface area is 123 Å². The third kappa shape index (κ3) is 6.44. The molecule has 19 heavy (non-hydrogen) atoms. The van der Waals surface area contributed by atoms with E-state index in [0.29, 0.717) is 6.04 Å². The van der Waals surface area contributed by atoms with Crippen LogP contribution in [0.25, 0.3) is 0 Å². The van der Waals surface area contributed by atoms with Crippen molar-refractivity contribution in [3.8, 4) is 0 Å². The molecule has 108 valence electrons. The van der Waals surface area contributed by atoms with Gasteiger partial charge in [0, 0.05) is 11.1 Å². The predicted octanol–water partition coefficient (Wildman–Crippen LogP) is 5.08. The summed E-state index contributed by atoms with van der Waals surface area (Å²) >= 11 is 5.95. The second kappa shape index (κ2) is 9.39. The Bertz CT molecular complexity index is 330. The zero-order valence-corrected chi connectivity index (χ0v) is 13.3. The first-order chi connectivity index (χ1) is 9.19. The molecule has 1 rings (SSSR count). The zero-order valence-electron chi connectivity index (χ0n) is 12.6. The van der Waals surface area contributed by atoms with Crippen LogP contribution in [0.2, 0.25) is 5.02 Å². The molecular weight excluding hydrogens is 254 g/mol. The van der Waals surface area contributed by atoms with E-state index in [-0.39, 0.29) is 0 Å². The number of halogens is 1. The van der Waals surface area contributed by atoms with E-state index in [9.17, 15) is 0 Å². The number of hydrogen-bond donors (Lipinski definition) is 1. The Morgan fingerprint density at radius 2 is 1.68 bits per heavy atom. The van der Waals surface area contributed by atoms with Crippen LogP contribution < -0.4 is 5.32 Å². The van der Waals surface area contributed by atoms with E-state index in [0.717, 1.165) is 23.9 Å². The van der Waals surface area contributed by atoms with E-state index < -0.39 is 0 Å². The van der Waals surface area contributed by atoms with Crippen molar-refractivity contribution < 1.29 is 0 Å². The van der Waals surface area contributed by atoms with Gasteiger partial charge >= 0.3 is 0 Å². The average Bonchev–Trinajstić information content (AvgIpc) is 2.44. The van der Waals surface area contributed by atoms with Gasteiger partial charge in [-0.05, 0) is 49.4 Å². The Morgan fingerprint density at radius 3 is 2.21 bits per heavy atom. The molecule has 0 fully saturated rings. The first-order valence-electron chi connectivity index (χ1n) is 7.67. The van der Waals surface area contributed by atoms with Crippen LogP contribution in [-0.2, 0) is 6.42 Å². The maximum atomic E-state index is 5.95. The fraction of sp³-hybridized carbons (Fsp3) is 0.647. The summed E-state index contributed by atoms with van der Waals surface area (Å²) in [7, 11) is 0. The van der Waals surface area contributed by atoms with Gasteiger partial charge in [0.15, 0.2) is 0 Å². The van der Waals surface area contributed by atoms with Crippen molar-refractivity contribution >= 4 is 11.6 Å². The minimum atomic E-state index is 0.589. The molecule has 1 nitrogen and oxygen atoms in total. The highest BCUT2D eigenvalue weighted by atomic mass is 35.5. The van der Waals surface area contributed by atoms with Crippen LogP contribution in [0.1, 0.15) is 52.0 Å². The van der Waals surface area contributed by atoms with Gasteiger partial charge < -0.3 is 5.32 Å². The number of benzene rings is 1. The molecule has 0 aliphatic heterocycles. The minimum absolute atomic E-state index is 0.589. The molecule has 0 saturated carbocycles. The maximum absolute atomic E-state index is 5.95. The molecule has 0 aromatic heterocycles. The molecule has 0 radical (unpaired) electrons. The van der Waals surface area contributed by atoms with Crippen molar-refractivity contribution in [2.24, 2.45) is 5.92 Å². The topological polar surface area (TPSA) is 12.0 Å². The van der Waals surface area contributed by atoms with Crippen LogP contribution in [-0.4, -0.2) is 12.6 Å². The van der Waals surface area contributed by atoms with Gasteiger partial charge in [0.2, 0.25) is 0 Å². The fourth-order valence-electron chi connectivity index (χ4n) is 2.52. The van der Waals surface area contributed by atoms with E-state index in [4.69, 9.17) is 11.6 Å². The summed E-state index contributed by atoms with van der Waals surface area (Å²) in [6.07, 6.45) is 6.13. The lowest BCUT2D eigenvalue weighted by molar-refractivity contribution is 0.363. The lowest BCUT2D eigenvalue weighted by atomic mass is 9.91. The standard InChI is InChI=1S/C17H28ClN/c1-4-11-19-17(12-14(5-2)6-3)13-15-7-9-16(18)10-8-15/h7-10,14,17,19H,4-6,11-13H2,1-3H3. The van der Waals surface area contributed by atoms with E-state index in [1.807, 2.05) is 12.1 Å². The summed E-state index contributed by atoms with van der Waals surface area (Å²) in [5.41, 5.74) is 1.38. The van der Waals surface area contributed by atoms with Crippen LogP contribution in [0.3, 0.4) is 0 Å². The zero-order chi connectivity index (χ0) is 14.1. The lowest BCUT2D eigenvalue weighted by Crippen LogP contribution is -2.33. The van der Waals surface area contributed by atoms with Gasteiger partial charge in [0.25, 0.3) is 0 Å². The third-order valence-corrected chi connectivity index (χ3v) is 4.10. The second-order valence-corrected chi connectivity index (χ2v) is 5.84. The van der Waals surface area contributed by atoms with Gasteiger partial charge in [-0.3, -0.25) is 0 Å². The summed E-state index contributed by atoms with van der Waals surface area (Å²) in [6, 6.07) is 8.87. The van der Waals surface area contributed by atoms with Crippen molar-refractivity contribution in [2.75, 3.05) is 6.54 Å². The Morgan fingerprint density at radius 1 is 1.05 bits per heavy atom. The van der Waals surface area contributed by atoms with Crippen molar-refractivity contribution in [1.82, 2.24) is 5.32 Å². The summed E-state index contributed by atoms with van der Waals surface area (Å²) in [4.78, 5) is 0. The Balaban J connectivity index is 2.59. The third-order valence-electron chi connectivity index (χ3n) is 3.85. The highest BCUT2D eigenvalue weighted by Gasteiger charge is 2.14. The summed E-state index contributed by atoms with van der Waals surface area (Å²) in [5.74, 6) is 0.835. The first kappa shape index (κ1) is 16.5. The summed E-state index contributed by atoms with van der Waals surface area (Å²) in [6.45, 7) is 7.93. The van der Waals surface area contributed by atoms with Crippen LogP contribution >= 0.6 is 11.6 Å². The van der Waals surface area contributed by atoms with E-state index in [1.54, 1.807) is 0 Å². The van der Waals surface area contributed by atoms with Gasteiger partial charge in [-0.15, -0.1) is 0 Å². The van der Waals surface area contributed by atoms with Gasteiger partial charge in [0.05, 0.1) is 0 Å². The maximum Gasteiger partial charge on any atom is 0.0406 e. The van der Waals surface area contributed by atoms with Crippen molar-refractivity contribution in [2.45, 2.75) is 58.9 Å². The SMILES string of the molecule is CCCNC(Cc1ccc(Cl)cc1)CC(CC)CC.